The number of nitrogens with one attached hydrogen (secondary N) is 1. The lowest BCUT2D eigenvalue weighted by atomic mass is 10.3. The maximum atomic E-state index is 12.4. The van der Waals surface area contributed by atoms with E-state index >= 15 is 0 Å². The number of hydrazone groups is 1. The Bertz CT molecular complexity index is 1000. The van der Waals surface area contributed by atoms with E-state index in [9.17, 15) is 13.2 Å². The van der Waals surface area contributed by atoms with Gasteiger partial charge in [-0.05, 0) is 36.4 Å². The lowest BCUT2D eigenvalue weighted by Crippen LogP contribution is -2.29. The molecule has 0 saturated heterocycles. The van der Waals surface area contributed by atoms with Crippen molar-refractivity contribution in [3.63, 3.8) is 0 Å². The molecule has 1 aliphatic heterocycles. The van der Waals surface area contributed by atoms with Crippen molar-refractivity contribution in [2.75, 3.05) is 10.7 Å². The molecular formula is C15H11Cl3N4O3S. The van der Waals surface area contributed by atoms with Crippen LogP contribution in [0.1, 0.15) is 6.42 Å². The standard InChI is InChI=1S/C15H11Cl3N4O3S/c16-8-5-11(17)15(12(18)6-8)22-14(23)7-13(20-22)21-26(24,25)10-3-1-9(19)2-4-10/h1-6H,7,19H2,(H,20,21). The molecule has 1 amide bonds. The number of sulfonamides is 1. The first-order chi connectivity index (χ1) is 12.2. The van der Waals surface area contributed by atoms with Gasteiger partial charge in [-0.3, -0.25) is 9.52 Å². The predicted molar refractivity (Wildman–Crippen MR) is 102 cm³/mol. The second-order valence-corrected chi connectivity index (χ2v) is 8.25. The van der Waals surface area contributed by atoms with Crippen LogP contribution < -0.4 is 15.5 Å². The minimum absolute atomic E-state index is 0.0112. The van der Waals surface area contributed by atoms with Crippen LogP contribution in [0, 0.1) is 0 Å². The molecular weight excluding hydrogens is 423 g/mol. The Hall–Kier alpha value is -2.00. The molecule has 0 aliphatic carbocycles. The zero-order valence-electron chi connectivity index (χ0n) is 12.9. The van der Waals surface area contributed by atoms with Crippen molar-refractivity contribution >= 4 is 67.9 Å². The minimum atomic E-state index is -3.92. The highest BCUT2D eigenvalue weighted by molar-refractivity contribution is 7.90. The monoisotopic (exact) mass is 432 g/mol. The first kappa shape index (κ1) is 18.8. The fourth-order valence-corrected chi connectivity index (χ4v) is 4.27. The van der Waals surface area contributed by atoms with E-state index in [1.165, 1.54) is 36.4 Å². The van der Waals surface area contributed by atoms with Crippen LogP contribution in [0.5, 0.6) is 0 Å². The second-order valence-electron chi connectivity index (χ2n) is 5.32. The van der Waals surface area contributed by atoms with Gasteiger partial charge in [-0.15, -0.1) is 0 Å². The molecule has 0 saturated carbocycles. The molecule has 3 rings (SSSR count). The molecule has 1 aliphatic rings. The van der Waals surface area contributed by atoms with E-state index < -0.39 is 15.9 Å². The number of anilines is 2. The van der Waals surface area contributed by atoms with Gasteiger partial charge in [0.15, 0.2) is 0 Å². The first-order valence-corrected chi connectivity index (χ1v) is 9.72. The summed E-state index contributed by atoms with van der Waals surface area (Å²) in [6.07, 6.45) is -0.260. The van der Waals surface area contributed by atoms with Crippen LogP contribution in [-0.2, 0) is 14.8 Å². The third-order valence-corrected chi connectivity index (χ3v) is 5.60. The van der Waals surface area contributed by atoms with Crippen molar-refractivity contribution in [1.29, 1.82) is 0 Å². The number of benzene rings is 2. The molecule has 2 aromatic rings. The van der Waals surface area contributed by atoms with E-state index in [0.717, 1.165) is 5.01 Å². The number of carbonyl (C=O) groups is 1. The van der Waals surface area contributed by atoms with Crippen molar-refractivity contribution < 1.29 is 13.2 Å². The average Bonchev–Trinajstić information content (AvgIpc) is 2.86. The molecule has 136 valence electrons. The van der Waals surface area contributed by atoms with Crippen LogP contribution >= 0.6 is 34.8 Å². The Labute approximate surface area is 164 Å². The van der Waals surface area contributed by atoms with Crippen molar-refractivity contribution in [3.05, 3.63) is 51.5 Å². The lowest BCUT2D eigenvalue weighted by molar-refractivity contribution is -0.116. The van der Waals surface area contributed by atoms with Crippen LogP contribution in [-0.4, -0.2) is 20.2 Å². The molecule has 0 fully saturated rings. The third-order valence-electron chi connectivity index (χ3n) is 3.41. The normalized spacial score (nSPS) is 14.5. The number of hydrogen-bond acceptors (Lipinski definition) is 5. The van der Waals surface area contributed by atoms with Crippen LogP contribution in [0.3, 0.4) is 0 Å². The quantitative estimate of drug-likeness (QED) is 0.725. The Morgan fingerprint density at radius 1 is 1.08 bits per heavy atom. The van der Waals surface area contributed by atoms with Gasteiger partial charge in [0, 0.05) is 10.7 Å². The summed E-state index contributed by atoms with van der Waals surface area (Å²) in [4.78, 5) is 12.2. The van der Waals surface area contributed by atoms with Crippen molar-refractivity contribution in [2.24, 2.45) is 5.10 Å². The number of halogens is 3. The highest BCUT2D eigenvalue weighted by Crippen LogP contribution is 2.38. The Kier molecular flexibility index (Phi) is 5.03. The number of nitrogens with zero attached hydrogens (tertiary/aromatic N) is 2. The highest BCUT2D eigenvalue weighted by atomic mass is 35.5. The molecule has 7 nitrogen and oxygen atoms in total. The number of carbonyl (C=O) groups excluding carboxylic acids is 1. The highest BCUT2D eigenvalue weighted by Gasteiger charge is 2.31. The molecule has 1 heterocycles. The van der Waals surface area contributed by atoms with E-state index in [4.69, 9.17) is 40.5 Å². The zero-order valence-corrected chi connectivity index (χ0v) is 16.0. The topological polar surface area (TPSA) is 105 Å². The van der Waals surface area contributed by atoms with Gasteiger partial charge in [0.05, 0.1) is 21.4 Å². The van der Waals surface area contributed by atoms with E-state index in [-0.39, 0.29) is 32.9 Å². The van der Waals surface area contributed by atoms with E-state index in [0.29, 0.717) is 10.7 Å². The third kappa shape index (κ3) is 3.73. The van der Waals surface area contributed by atoms with Crippen LogP contribution in [0.25, 0.3) is 0 Å². The van der Waals surface area contributed by atoms with Gasteiger partial charge in [-0.25, -0.2) is 8.42 Å². The number of amides is 1. The summed E-state index contributed by atoms with van der Waals surface area (Å²) < 4.78 is 27.1. The molecule has 0 unspecified atom stereocenters. The lowest BCUT2D eigenvalue weighted by Gasteiger charge is -2.15. The molecule has 0 atom stereocenters. The van der Waals surface area contributed by atoms with Gasteiger partial charge < -0.3 is 5.73 Å². The van der Waals surface area contributed by atoms with Crippen molar-refractivity contribution in [3.8, 4) is 0 Å². The molecule has 0 bridgehead atoms. The fraction of sp³-hybridized carbons (Fsp3) is 0.0667. The van der Waals surface area contributed by atoms with E-state index in [1.54, 1.807) is 0 Å². The minimum Gasteiger partial charge on any atom is -0.399 e. The fourth-order valence-electron chi connectivity index (χ4n) is 2.26. The van der Waals surface area contributed by atoms with Gasteiger partial charge in [-0.1, -0.05) is 34.8 Å². The van der Waals surface area contributed by atoms with Crippen LogP contribution in [0.15, 0.2) is 46.4 Å². The van der Waals surface area contributed by atoms with Gasteiger partial charge in [0.1, 0.15) is 11.5 Å². The molecule has 2 aromatic carbocycles. The largest absolute Gasteiger partial charge is 0.399 e. The van der Waals surface area contributed by atoms with E-state index in [1.807, 2.05) is 0 Å². The number of hydrogen-bond donors (Lipinski definition) is 2. The second kappa shape index (κ2) is 6.96. The van der Waals surface area contributed by atoms with Crippen molar-refractivity contribution in [1.82, 2.24) is 4.72 Å². The summed E-state index contributed by atoms with van der Waals surface area (Å²) in [5.41, 5.74) is 6.10. The Morgan fingerprint density at radius 3 is 2.23 bits per heavy atom. The molecule has 0 aromatic heterocycles. The van der Waals surface area contributed by atoms with Gasteiger partial charge in [-0.2, -0.15) is 10.1 Å². The summed E-state index contributed by atoms with van der Waals surface area (Å²) in [6.45, 7) is 0. The summed E-state index contributed by atoms with van der Waals surface area (Å²) >= 11 is 18.0. The number of amidine groups is 1. The molecule has 26 heavy (non-hydrogen) atoms. The van der Waals surface area contributed by atoms with Crippen LogP contribution in [0.2, 0.25) is 15.1 Å². The van der Waals surface area contributed by atoms with Gasteiger partial charge in [0.2, 0.25) is 0 Å². The molecule has 3 N–H and O–H groups in total. The summed E-state index contributed by atoms with van der Waals surface area (Å²) in [7, 11) is -3.92. The first-order valence-electron chi connectivity index (χ1n) is 7.11. The summed E-state index contributed by atoms with van der Waals surface area (Å²) in [6, 6.07) is 8.41. The number of nitrogen functional groups attached to an aromatic ring is 1. The predicted octanol–water partition coefficient (Wildman–Crippen LogP) is 3.26. The van der Waals surface area contributed by atoms with Gasteiger partial charge >= 0.3 is 0 Å². The summed E-state index contributed by atoms with van der Waals surface area (Å²) in [5.74, 6) is -0.556. The van der Waals surface area contributed by atoms with E-state index in [2.05, 4.69) is 9.82 Å². The number of nitrogens with two attached hydrogens (primary N) is 1. The van der Waals surface area contributed by atoms with Crippen molar-refractivity contribution in [2.45, 2.75) is 11.3 Å². The maximum absolute atomic E-state index is 12.4. The summed E-state index contributed by atoms with van der Waals surface area (Å²) in [5, 5.41) is 5.46. The van der Waals surface area contributed by atoms with Gasteiger partial charge in [0.25, 0.3) is 15.9 Å². The zero-order chi connectivity index (χ0) is 19.1. The SMILES string of the molecule is Nc1ccc(S(=O)(=O)NC2=NN(c3c(Cl)cc(Cl)cc3Cl)C(=O)C2)cc1. The molecule has 11 heteroatoms. The smallest absolute Gasteiger partial charge is 0.262 e. The molecule has 0 radical (unpaired) electrons. The maximum Gasteiger partial charge on any atom is 0.262 e. The Morgan fingerprint density at radius 2 is 1.65 bits per heavy atom. The molecule has 0 spiro atoms. The Balaban J connectivity index is 1.90. The number of rotatable bonds is 3. The average molecular weight is 434 g/mol. The van der Waals surface area contributed by atoms with Crippen LogP contribution in [0.4, 0.5) is 11.4 Å².